The minimum Gasteiger partial charge on any atom is -0.396 e. The Kier molecular flexibility index (Phi) is 3.14. The number of pyridine rings is 1. The van der Waals surface area contributed by atoms with Crippen molar-refractivity contribution >= 4 is 28.7 Å². The van der Waals surface area contributed by atoms with Crippen LogP contribution in [0.4, 0.5) is 17.3 Å². The van der Waals surface area contributed by atoms with Gasteiger partial charge in [0.1, 0.15) is 11.6 Å². The second kappa shape index (κ2) is 4.58. The van der Waals surface area contributed by atoms with Crippen LogP contribution in [0, 0.1) is 6.92 Å². The standard InChI is InChI=1S/C11H15N5S/c1-7-14-8(6-17-7)5-16(2)10-4-3-9(12)11(13)15-10/h3-4,6H,5,12H2,1-2H3,(H2,13,15). The molecule has 2 rings (SSSR count). The molecular weight excluding hydrogens is 234 g/mol. The topological polar surface area (TPSA) is 81.1 Å². The number of nitrogens with two attached hydrogens (primary N) is 2. The highest BCUT2D eigenvalue weighted by molar-refractivity contribution is 7.09. The molecule has 0 aliphatic carbocycles. The molecule has 0 saturated heterocycles. The number of hydrogen-bond donors (Lipinski definition) is 2. The third kappa shape index (κ3) is 2.65. The van der Waals surface area contributed by atoms with Crippen LogP contribution in [0.5, 0.6) is 0 Å². The normalized spacial score (nSPS) is 10.5. The van der Waals surface area contributed by atoms with Gasteiger partial charge in [-0.25, -0.2) is 9.97 Å². The fourth-order valence-corrected chi connectivity index (χ4v) is 2.10. The highest BCUT2D eigenvalue weighted by atomic mass is 32.1. The first-order chi connectivity index (χ1) is 8.06. The molecule has 4 N–H and O–H groups in total. The van der Waals surface area contributed by atoms with E-state index in [1.807, 2.05) is 30.3 Å². The molecule has 6 heteroatoms. The quantitative estimate of drug-likeness (QED) is 0.864. The van der Waals surface area contributed by atoms with Crippen LogP contribution in [0.15, 0.2) is 17.5 Å². The number of hydrogen-bond acceptors (Lipinski definition) is 6. The molecule has 0 aromatic carbocycles. The summed E-state index contributed by atoms with van der Waals surface area (Å²) >= 11 is 1.64. The molecule has 2 heterocycles. The molecule has 0 fully saturated rings. The van der Waals surface area contributed by atoms with E-state index in [1.165, 1.54) is 0 Å². The molecule has 17 heavy (non-hydrogen) atoms. The zero-order valence-corrected chi connectivity index (χ0v) is 10.7. The molecule has 2 aromatic heterocycles. The van der Waals surface area contributed by atoms with Crippen molar-refractivity contribution in [1.29, 1.82) is 0 Å². The number of anilines is 3. The molecule has 0 aliphatic rings. The molecule has 90 valence electrons. The monoisotopic (exact) mass is 249 g/mol. The number of nitrogens with zero attached hydrogens (tertiary/aromatic N) is 3. The number of thiazole rings is 1. The lowest BCUT2D eigenvalue weighted by atomic mass is 10.3. The van der Waals surface area contributed by atoms with Crippen molar-refractivity contribution < 1.29 is 0 Å². The van der Waals surface area contributed by atoms with Gasteiger partial charge in [-0.2, -0.15) is 0 Å². The Labute approximate surface area is 104 Å². The molecule has 0 atom stereocenters. The van der Waals surface area contributed by atoms with Gasteiger partial charge in [-0.15, -0.1) is 11.3 Å². The fourth-order valence-electron chi connectivity index (χ4n) is 1.49. The fraction of sp³-hybridized carbons (Fsp3) is 0.273. The van der Waals surface area contributed by atoms with E-state index in [2.05, 4.69) is 9.97 Å². The largest absolute Gasteiger partial charge is 0.396 e. The molecule has 5 nitrogen and oxygen atoms in total. The predicted molar refractivity (Wildman–Crippen MR) is 72.0 cm³/mol. The van der Waals surface area contributed by atoms with Crippen molar-refractivity contribution in [3.63, 3.8) is 0 Å². The van der Waals surface area contributed by atoms with Crippen LogP contribution in [-0.4, -0.2) is 17.0 Å². The minimum absolute atomic E-state index is 0.365. The molecule has 0 bridgehead atoms. The molecule has 0 unspecified atom stereocenters. The number of aromatic nitrogens is 2. The lowest BCUT2D eigenvalue weighted by Crippen LogP contribution is -2.18. The Balaban J connectivity index is 2.14. The van der Waals surface area contributed by atoms with Crippen LogP contribution in [0.1, 0.15) is 10.7 Å². The lowest BCUT2D eigenvalue weighted by molar-refractivity contribution is 0.872. The highest BCUT2D eigenvalue weighted by Gasteiger charge is 2.07. The summed E-state index contributed by atoms with van der Waals surface area (Å²) in [7, 11) is 1.95. The highest BCUT2D eigenvalue weighted by Crippen LogP contribution is 2.19. The van der Waals surface area contributed by atoms with Gasteiger partial charge in [-0.1, -0.05) is 0 Å². The molecule has 0 amide bonds. The Hall–Kier alpha value is -1.82. The lowest BCUT2D eigenvalue weighted by Gasteiger charge is -2.17. The van der Waals surface area contributed by atoms with Gasteiger partial charge in [0.05, 0.1) is 22.9 Å². The summed E-state index contributed by atoms with van der Waals surface area (Å²) in [6.07, 6.45) is 0. The average Bonchev–Trinajstić information content (AvgIpc) is 2.68. The Morgan fingerprint density at radius 2 is 2.06 bits per heavy atom. The Morgan fingerprint density at radius 3 is 2.65 bits per heavy atom. The second-order valence-electron chi connectivity index (χ2n) is 3.86. The smallest absolute Gasteiger partial charge is 0.149 e. The van der Waals surface area contributed by atoms with Gasteiger partial charge in [-0.05, 0) is 19.1 Å². The van der Waals surface area contributed by atoms with Crippen LogP contribution in [0.3, 0.4) is 0 Å². The van der Waals surface area contributed by atoms with Gasteiger partial charge in [0.15, 0.2) is 0 Å². The van der Waals surface area contributed by atoms with Crippen molar-refractivity contribution in [3.05, 3.63) is 28.2 Å². The summed E-state index contributed by atoms with van der Waals surface area (Å²) in [4.78, 5) is 10.6. The van der Waals surface area contributed by atoms with E-state index < -0.39 is 0 Å². The van der Waals surface area contributed by atoms with Crippen molar-refractivity contribution in [2.24, 2.45) is 0 Å². The summed E-state index contributed by atoms with van der Waals surface area (Å²) in [5.41, 5.74) is 12.8. The van der Waals surface area contributed by atoms with E-state index in [0.717, 1.165) is 16.5 Å². The summed E-state index contributed by atoms with van der Waals surface area (Å²) in [5, 5.41) is 3.12. The van der Waals surface area contributed by atoms with E-state index in [0.29, 0.717) is 18.1 Å². The predicted octanol–water partition coefficient (Wildman–Crippen LogP) is 1.65. The zero-order chi connectivity index (χ0) is 12.4. The van der Waals surface area contributed by atoms with Gasteiger partial charge in [-0.3, -0.25) is 0 Å². The minimum atomic E-state index is 0.365. The van der Waals surface area contributed by atoms with Crippen LogP contribution in [-0.2, 0) is 6.54 Å². The van der Waals surface area contributed by atoms with E-state index >= 15 is 0 Å². The van der Waals surface area contributed by atoms with Crippen molar-refractivity contribution in [3.8, 4) is 0 Å². The van der Waals surface area contributed by atoms with E-state index in [4.69, 9.17) is 11.5 Å². The maximum Gasteiger partial charge on any atom is 0.149 e. The Morgan fingerprint density at radius 1 is 1.29 bits per heavy atom. The average molecular weight is 249 g/mol. The first kappa shape index (κ1) is 11.7. The maximum absolute atomic E-state index is 5.68. The summed E-state index contributed by atoms with van der Waals surface area (Å²) in [5.74, 6) is 1.16. The zero-order valence-electron chi connectivity index (χ0n) is 9.84. The SMILES string of the molecule is Cc1nc(CN(C)c2ccc(N)c(N)n2)cs1. The van der Waals surface area contributed by atoms with Gasteiger partial charge in [0, 0.05) is 12.4 Å². The summed E-state index contributed by atoms with van der Waals surface area (Å²) in [6, 6.07) is 3.62. The molecule has 0 aliphatic heterocycles. The number of aryl methyl sites for hydroxylation is 1. The van der Waals surface area contributed by atoms with Crippen molar-refractivity contribution in [2.75, 3.05) is 23.4 Å². The molecular formula is C11H15N5S. The molecule has 2 aromatic rings. The van der Waals surface area contributed by atoms with Gasteiger partial charge < -0.3 is 16.4 Å². The van der Waals surface area contributed by atoms with Crippen LogP contribution < -0.4 is 16.4 Å². The molecule has 0 radical (unpaired) electrons. The maximum atomic E-state index is 5.68. The van der Waals surface area contributed by atoms with Crippen LogP contribution in [0.2, 0.25) is 0 Å². The summed E-state index contributed by atoms with van der Waals surface area (Å²) in [6.45, 7) is 2.70. The van der Waals surface area contributed by atoms with E-state index in [-0.39, 0.29) is 0 Å². The first-order valence-electron chi connectivity index (χ1n) is 5.20. The van der Waals surface area contributed by atoms with E-state index in [9.17, 15) is 0 Å². The second-order valence-corrected chi connectivity index (χ2v) is 4.92. The van der Waals surface area contributed by atoms with E-state index in [1.54, 1.807) is 17.4 Å². The Bertz CT molecular complexity index is 522. The van der Waals surface area contributed by atoms with Gasteiger partial charge in [0.2, 0.25) is 0 Å². The summed E-state index contributed by atoms with van der Waals surface area (Å²) < 4.78 is 0. The molecule has 0 saturated carbocycles. The third-order valence-electron chi connectivity index (χ3n) is 2.40. The van der Waals surface area contributed by atoms with Gasteiger partial charge >= 0.3 is 0 Å². The number of rotatable bonds is 3. The van der Waals surface area contributed by atoms with Crippen molar-refractivity contribution in [1.82, 2.24) is 9.97 Å². The molecule has 0 spiro atoms. The number of nitrogen functional groups attached to an aromatic ring is 2. The third-order valence-corrected chi connectivity index (χ3v) is 3.22. The first-order valence-corrected chi connectivity index (χ1v) is 6.08. The van der Waals surface area contributed by atoms with Crippen LogP contribution in [0.25, 0.3) is 0 Å². The van der Waals surface area contributed by atoms with Gasteiger partial charge in [0.25, 0.3) is 0 Å². The van der Waals surface area contributed by atoms with Crippen LogP contribution >= 0.6 is 11.3 Å². The van der Waals surface area contributed by atoms with Crippen molar-refractivity contribution in [2.45, 2.75) is 13.5 Å².